The summed E-state index contributed by atoms with van der Waals surface area (Å²) in [7, 11) is 0. The van der Waals surface area contributed by atoms with Crippen molar-refractivity contribution in [2.75, 3.05) is 6.54 Å². The van der Waals surface area contributed by atoms with E-state index in [0.717, 1.165) is 24.8 Å². The summed E-state index contributed by atoms with van der Waals surface area (Å²) < 4.78 is 5.93. The zero-order valence-corrected chi connectivity index (χ0v) is 13.9. The average Bonchev–Trinajstić information content (AvgIpc) is 2.51. The smallest absolute Gasteiger partial charge is 0.120 e. The second-order valence-corrected chi connectivity index (χ2v) is 6.22. The Hall–Kier alpha value is -1.80. The molecule has 2 nitrogen and oxygen atoms in total. The van der Waals surface area contributed by atoms with Crippen LogP contribution < -0.4 is 10.1 Å². The molecule has 0 aliphatic rings. The van der Waals surface area contributed by atoms with Gasteiger partial charge in [0.2, 0.25) is 0 Å². The first-order valence-electron chi connectivity index (χ1n) is 8.12. The first-order chi connectivity index (χ1) is 10.6. The summed E-state index contributed by atoms with van der Waals surface area (Å²) in [4.78, 5) is 0. The number of hydrogen-bond acceptors (Lipinski definition) is 2. The standard InChI is InChI=1S/C20H27NO/c1-16(2)11-12-21-14-18-8-6-10-20(13-18)22-15-19-9-5-4-7-17(19)3/h4-10,13,16,21H,11-12,14-15H2,1-3H3. The third-order valence-electron chi connectivity index (χ3n) is 3.78. The first kappa shape index (κ1) is 16.6. The highest BCUT2D eigenvalue weighted by Crippen LogP contribution is 2.16. The largest absolute Gasteiger partial charge is 0.489 e. The molecule has 22 heavy (non-hydrogen) atoms. The summed E-state index contributed by atoms with van der Waals surface area (Å²) in [5.41, 5.74) is 3.78. The summed E-state index contributed by atoms with van der Waals surface area (Å²) in [5, 5.41) is 3.49. The lowest BCUT2D eigenvalue weighted by molar-refractivity contribution is 0.305. The second kappa shape index (κ2) is 8.60. The van der Waals surface area contributed by atoms with Gasteiger partial charge in [0.05, 0.1) is 0 Å². The van der Waals surface area contributed by atoms with Crippen molar-refractivity contribution >= 4 is 0 Å². The van der Waals surface area contributed by atoms with Gasteiger partial charge in [-0.2, -0.15) is 0 Å². The number of aryl methyl sites for hydroxylation is 1. The molecule has 0 heterocycles. The predicted octanol–water partition coefficient (Wildman–Crippen LogP) is 4.71. The molecule has 0 bridgehead atoms. The van der Waals surface area contributed by atoms with Crippen LogP contribution in [0.4, 0.5) is 0 Å². The second-order valence-electron chi connectivity index (χ2n) is 6.22. The van der Waals surface area contributed by atoms with Crippen LogP contribution in [0.15, 0.2) is 48.5 Å². The minimum atomic E-state index is 0.622. The Bertz CT molecular complexity index is 577. The number of hydrogen-bond donors (Lipinski definition) is 1. The van der Waals surface area contributed by atoms with E-state index in [2.05, 4.69) is 68.6 Å². The van der Waals surface area contributed by atoms with Gasteiger partial charge in [-0.25, -0.2) is 0 Å². The molecule has 0 saturated carbocycles. The number of rotatable bonds is 8. The van der Waals surface area contributed by atoms with Crippen molar-refractivity contribution in [1.82, 2.24) is 5.32 Å². The van der Waals surface area contributed by atoms with Crippen LogP contribution >= 0.6 is 0 Å². The lowest BCUT2D eigenvalue weighted by atomic mass is 10.1. The van der Waals surface area contributed by atoms with Gasteiger partial charge in [0.15, 0.2) is 0 Å². The molecule has 0 radical (unpaired) electrons. The molecule has 0 aliphatic heterocycles. The lowest BCUT2D eigenvalue weighted by Gasteiger charge is -2.11. The molecule has 2 aromatic rings. The van der Waals surface area contributed by atoms with Crippen LogP contribution in [-0.2, 0) is 13.2 Å². The summed E-state index contributed by atoms with van der Waals surface area (Å²) in [6.07, 6.45) is 1.21. The minimum absolute atomic E-state index is 0.622. The zero-order chi connectivity index (χ0) is 15.8. The van der Waals surface area contributed by atoms with Gasteiger partial charge < -0.3 is 10.1 Å². The fourth-order valence-corrected chi connectivity index (χ4v) is 2.30. The van der Waals surface area contributed by atoms with Crippen molar-refractivity contribution in [3.63, 3.8) is 0 Å². The highest BCUT2D eigenvalue weighted by atomic mass is 16.5. The maximum atomic E-state index is 5.93. The van der Waals surface area contributed by atoms with Gasteiger partial charge in [0.1, 0.15) is 12.4 Å². The normalized spacial score (nSPS) is 10.9. The van der Waals surface area contributed by atoms with Crippen molar-refractivity contribution < 1.29 is 4.74 Å². The van der Waals surface area contributed by atoms with E-state index in [9.17, 15) is 0 Å². The van der Waals surface area contributed by atoms with E-state index in [1.807, 2.05) is 6.07 Å². The molecular weight excluding hydrogens is 270 g/mol. The number of nitrogens with one attached hydrogen (secondary N) is 1. The van der Waals surface area contributed by atoms with Crippen molar-refractivity contribution in [2.45, 2.75) is 40.3 Å². The zero-order valence-electron chi connectivity index (χ0n) is 13.9. The maximum absolute atomic E-state index is 5.93. The molecule has 2 aromatic carbocycles. The molecular formula is C20H27NO. The molecule has 0 fully saturated rings. The van der Waals surface area contributed by atoms with Gasteiger partial charge >= 0.3 is 0 Å². The minimum Gasteiger partial charge on any atom is -0.489 e. The summed E-state index contributed by atoms with van der Waals surface area (Å²) in [6.45, 7) is 9.20. The Morgan fingerprint density at radius 2 is 1.86 bits per heavy atom. The molecule has 0 unspecified atom stereocenters. The lowest BCUT2D eigenvalue weighted by Crippen LogP contribution is -2.16. The molecule has 0 amide bonds. The molecule has 1 N–H and O–H groups in total. The number of benzene rings is 2. The van der Waals surface area contributed by atoms with Crippen LogP contribution in [0.5, 0.6) is 5.75 Å². The van der Waals surface area contributed by atoms with Gasteiger partial charge in [-0.1, -0.05) is 50.2 Å². The highest BCUT2D eigenvalue weighted by Gasteiger charge is 2.01. The Balaban J connectivity index is 1.85. The van der Waals surface area contributed by atoms with Gasteiger partial charge in [-0.05, 0) is 54.6 Å². The molecule has 2 rings (SSSR count). The van der Waals surface area contributed by atoms with Crippen LogP contribution in [-0.4, -0.2) is 6.54 Å². The van der Waals surface area contributed by atoms with E-state index in [0.29, 0.717) is 6.61 Å². The van der Waals surface area contributed by atoms with Crippen LogP contribution in [0.1, 0.15) is 37.0 Å². The van der Waals surface area contributed by atoms with Crippen molar-refractivity contribution in [2.24, 2.45) is 5.92 Å². The van der Waals surface area contributed by atoms with E-state index in [1.165, 1.54) is 23.1 Å². The van der Waals surface area contributed by atoms with Gasteiger partial charge in [-0.3, -0.25) is 0 Å². The third kappa shape index (κ3) is 5.53. The van der Waals surface area contributed by atoms with Crippen molar-refractivity contribution in [3.8, 4) is 5.75 Å². The van der Waals surface area contributed by atoms with E-state index >= 15 is 0 Å². The molecule has 2 heteroatoms. The first-order valence-corrected chi connectivity index (χ1v) is 8.12. The van der Waals surface area contributed by atoms with Gasteiger partial charge in [0, 0.05) is 6.54 Å². The number of ether oxygens (including phenoxy) is 1. The van der Waals surface area contributed by atoms with Crippen LogP contribution in [0, 0.1) is 12.8 Å². The Kier molecular flexibility index (Phi) is 6.47. The Morgan fingerprint density at radius 3 is 2.64 bits per heavy atom. The van der Waals surface area contributed by atoms with Crippen LogP contribution in [0.2, 0.25) is 0 Å². The molecule has 0 atom stereocenters. The fourth-order valence-electron chi connectivity index (χ4n) is 2.30. The molecule has 118 valence electrons. The maximum Gasteiger partial charge on any atom is 0.120 e. The SMILES string of the molecule is Cc1ccccc1COc1cccc(CNCCC(C)C)c1. The predicted molar refractivity (Wildman–Crippen MR) is 93.1 cm³/mol. The van der Waals surface area contributed by atoms with E-state index in [4.69, 9.17) is 4.74 Å². The van der Waals surface area contributed by atoms with E-state index in [1.54, 1.807) is 0 Å². The van der Waals surface area contributed by atoms with Gasteiger partial charge in [-0.15, -0.1) is 0 Å². The topological polar surface area (TPSA) is 21.3 Å². The summed E-state index contributed by atoms with van der Waals surface area (Å²) in [5.74, 6) is 1.68. The molecule has 0 saturated heterocycles. The average molecular weight is 297 g/mol. The fraction of sp³-hybridized carbons (Fsp3) is 0.400. The monoisotopic (exact) mass is 297 g/mol. The highest BCUT2D eigenvalue weighted by molar-refractivity contribution is 5.30. The summed E-state index contributed by atoms with van der Waals surface area (Å²) in [6, 6.07) is 16.7. The molecule has 0 aromatic heterocycles. The van der Waals surface area contributed by atoms with Crippen LogP contribution in [0.3, 0.4) is 0 Å². The molecule has 0 aliphatic carbocycles. The van der Waals surface area contributed by atoms with E-state index < -0.39 is 0 Å². The van der Waals surface area contributed by atoms with Gasteiger partial charge in [0.25, 0.3) is 0 Å². The quantitative estimate of drug-likeness (QED) is 0.712. The van der Waals surface area contributed by atoms with Crippen molar-refractivity contribution in [3.05, 3.63) is 65.2 Å². The third-order valence-corrected chi connectivity index (χ3v) is 3.78. The summed E-state index contributed by atoms with van der Waals surface area (Å²) >= 11 is 0. The Labute approximate surface area is 134 Å². The van der Waals surface area contributed by atoms with Crippen molar-refractivity contribution in [1.29, 1.82) is 0 Å². The molecule has 0 spiro atoms. The van der Waals surface area contributed by atoms with E-state index in [-0.39, 0.29) is 0 Å². The Morgan fingerprint density at radius 1 is 1.05 bits per heavy atom. The van der Waals surface area contributed by atoms with Crippen LogP contribution in [0.25, 0.3) is 0 Å².